The zero-order chi connectivity index (χ0) is 16.4. The monoisotopic (exact) mass is 309 g/mol. The lowest BCUT2D eigenvalue weighted by atomic mass is 10.1. The number of carbonyl (C=O) groups excluding carboxylic acids is 1. The van der Waals surface area contributed by atoms with Crippen LogP contribution in [-0.4, -0.2) is 37.0 Å². The zero-order valence-corrected chi connectivity index (χ0v) is 11.7. The van der Waals surface area contributed by atoms with E-state index < -0.39 is 11.9 Å². The van der Waals surface area contributed by atoms with Crippen LogP contribution in [0, 0.1) is 0 Å². The maximum absolute atomic E-state index is 11.4. The number of carboxylic acid groups (broad SMARTS) is 1. The molecule has 0 aliphatic rings. The van der Waals surface area contributed by atoms with Crippen LogP contribution >= 0.6 is 0 Å². The van der Waals surface area contributed by atoms with Crippen molar-refractivity contribution in [2.24, 2.45) is 5.73 Å². The number of carbonyl (C=O) groups is 2. The van der Waals surface area contributed by atoms with E-state index in [0.717, 1.165) is 0 Å². The second-order valence-electron chi connectivity index (χ2n) is 4.65. The summed E-state index contributed by atoms with van der Waals surface area (Å²) in [6.07, 6.45) is 3.10. The Bertz CT molecular complexity index is 872. The highest BCUT2D eigenvalue weighted by atomic mass is 16.4. The Balaban J connectivity index is 2.16. The minimum Gasteiger partial charge on any atom is -0.476 e. The van der Waals surface area contributed by atoms with Gasteiger partial charge in [-0.15, -0.1) is 5.10 Å². The topological polar surface area (TPSA) is 124 Å². The molecule has 0 aliphatic heterocycles. The number of benzene rings is 1. The number of nitrogens with zero attached hydrogens (tertiary/aromatic N) is 4. The van der Waals surface area contributed by atoms with Crippen molar-refractivity contribution < 1.29 is 14.7 Å². The van der Waals surface area contributed by atoms with E-state index in [2.05, 4.69) is 15.3 Å². The smallest absolute Gasteiger partial charge is 0.358 e. The molecule has 0 saturated heterocycles. The predicted molar refractivity (Wildman–Crippen MR) is 80.1 cm³/mol. The fourth-order valence-electron chi connectivity index (χ4n) is 2.14. The van der Waals surface area contributed by atoms with Crippen LogP contribution in [0.4, 0.5) is 0 Å². The van der Waals surface area contributed by atoms with Crippen LogP contribution in [0.1, 0.15) is 20.8 Å². The van der Waals surface area contributed by atoms with Gasteiger partial charge in [-0.3, -0.25) is 9.78 Å². The van der Waals surface area contributed by atoms with Crippen molar-refractivity contribution in [3.8, 4) is 16.9 Å². The normalized spacial score (nSPS) is 10.4. The molecule has 1 aromatic carbocycles. The third-order valence-corrected chi connectivity index (χ3v) is 3.22. The van der Waals surface area contributed by atoms with Gasteiger partial charge < -0.3 is 10.8 Å². The molecule has 0 spiro atoms. The number of hydrogen-bond donors (Lipinski definition) is 2. The average molecular weight is 309 g/mol. The van der Waals surface area contributed by atoms with E-state index in [9.17, 15) is 14.7 Å². The Kier molecular flexibility index (Phi) is 3.55. The molecular weight excluding hydrogens is 298 g/mol. The molecule has 8 heteroatoms. The molecule has 3 N–H and O–H groups in total. The summed E-state index contributed by atoms with van der Waals surface area (Å²) < 4.78 is 1.39. The van der Waals surface area contributed by atoms with Gasteiger partial charge >= 0.3 is 5.97 Å². The fourth-order valence-corrected chi connectivity index (χ4v) is 2.14. The summed E-state index contributed by atoms with van der Waals surface area (Å²) in [5, 5.41) is 16.9. The SMILES string of the molecule is NC(=O)c1ccc(-n2nnc(C(=O)O)c2-c2ccncc2)cc1. The number of aromatic carboxylic acids is 1. The van der Waals surface area contributed by atoms with Crippen molar-refractivity contribution in [2.75, 3.05) is 0 Å². The van der Waals surface area contributed by atoms with Crippen LogP contribution in [0.25, 0.3) is 16.9 Å². The molecule has 0 aliphatic carbocycles. The van der Waals surface area contributed by atoms with Crippen LogP contribution in [0.2, 0.25) is 0 Å². The lowest BCUT2D eigenvalue weighted by Gasteiger charge is -2.07. The Labute approximate surface area is 130 Å². The first-order chi connectivity index (χ1) is 11.1. The first-order valence-corrected chi connectivity index (χ1v) is 6.57. The third kappa shape index (κ3) is 2.64. The van der Waals surface area contributed by atoms with E-state index in [4.69, 9.17) is 5.73 Å². The van der Waals surface area contributed by atoms with E-state index in [1.165, 1.54) is 16.8 Å². The number of amides is 1. The molecule has 0 fully saturated rings. The molecule has 0 radical (unpaired) electrons. The van der Waals surface area contributed by atoms with Gasteiger partial charge in [0.2, 0.25) is 5.91 Å². The number of primary amides is 1. The number of aromatic nitrogens is 4. The van der Waals surface area contributed by atoms with Crippen LogP contribution in [0.15, 0.2) is 48.8 Å². The molecule has 0 unspecified atom stereocenters. The van der Waals surface area contributed by atoms with E-state index >= 15 is 0 Å². The number of nitrogens with two attached hydrogens (primary N) is 1. The Hall–Kier alpha value is -3.55. The second-order valence-corrected chi connectivity index (χ2v) is 4.65. The Morgan fingerprint density at radius 2 is 1.70 bits per heavy atom. The molecule has 3 aromatic rings. The Morgan fingerprint density at radius 1 is 1.04 bits per heavy atom. The van der Waals surface area contributed by atoms with Gasteiger partial charge in [0, 0.05) is 23.5 Å². The summed E-state index contributed by atoms with van der Waals surface area (Å²) in [6.45, 7) is 0. The number of rotatable bonds is 4. The highest BCUT2D eigenvalue weighted by molar-refractivity contribution is 5.94. The average Bonchev–Trinajstić information content (AvgIpc) is 3.01. The van der Waals surface area contributed by atoms with Gasteiger partial charge in [-0.25, -0.2) is 9.48 Å². The standard InChI is InChI=1S/C15H11N5O3/c16-14(21)10-1-3-11(4-2-10)20-13(9-5-7-17-8-6-9)12(15(22)23)18-19-20/h1-8H,(H2,16,21)(H,22,23). The zero-order valence-electron chi connectivity index (χ0n) is 11.7. The van der Waals surface area contributed by atoms with E-state index in [1.807, 2.05) is 0 Å². The van der Waals surface area contributed by atoms with E-state index in [-0.39, 0.29) is 5.69 Å². The maximum atomic E-state index is 11.4. The predicted octanol–water partition coefficient (Wildman–Crippen LogP) is 1.13. The van der Waals surface area contributed by atoms with Gasteiger partial charge in [-0.05, 0) is 36.4 Å². The van der Waals surface area contributed by atoms with Crippen molar-refractivity contribution >= 4 is 11.9 Å². The minimum atomic E-state index is -1.18. The molecule has 0 saturated carbocycles. The third-order valence-electron chi connectivity index (χ3n) is 3.22. The van der Waals surface area contributed by atoms with Gasteiger partial charge in [0.05, 0.1) is 5.69 Å². The highest BCUT2D eigenvalue weighted by Gasteiger charge is 2.21. The second kappa shape index (κ2) is 5.68. The van der Waals surface area contributed by atoms with Gasteiger partial charge in [0.1, 0.15) is 5.69 Å². The van der Waals surface area contributed by atoms with Crippen LogP contribution in [0.3, 0.4) is 0 Å². The van der Waals surface area contributed by atoms with E-state index in [0.29, 0.717) is 22.5 Å². The van der Waals surface area contributed by atoms with Crippen molar-refractivity contribution in [3.63, 3.8) is 0 Å². The molecule has 8 nitrogen and oxygen atoms in total. The molecule has 23 heavy (non-hydrogen) atoms. The summed E-state index contributed by atoms with van der Waals surface area (Å²) in [5.74, 6) is -1.73. The molecule has 3 rings (SSSR count). The Morgan fingerprint density at radius 3 is 2.26 bits per heavy atom. The quantitative estimate of drug-likeness (QED) is 0.744. The van der Waals surface area contributed by atoms with Crippen molar-refractivity contribution in [1.82, 2.24) is 20.0 Å². The summed E-state index contributed by atoms with van der Waals surface area (Å²) >= 11 is 0. The van der Waals surface area contributed by atoms with Crippen LogP contribution in [0.5, 0.6) is 0 Å². The molecule has 2 aromatic heterocycles. The molecule has 1 amide bonds. The van der Waals surface area contributed by atoms with E-state index in [1.54, 1.807) is 36.7 Å². The molecular formula is C15H11N5O3. The van der Waals surface area contributed by atoms with Gasteiger partial charge in [0.25, 0.3) is 0 Å². The minimum absolute atomic E-state index is 0.171. The number of hydrogen-bond acceptors (Lipinski definition) is 5. The molecule has 2 heterocycles. The van der Waals surface area contributed by atoms with Crippen molar-refractivity contribution in [3.05, 3.63) is 60.0 Å². The largest absolute Gasteiger partial charge is 0.476 e. The van der Waals surface area contributed by atoms with Crippen molar-refractivity contribution in [2.45, 2.75) is 0 Å². The summed E-state index contributed by atoms with van der Waals surface area (Å²) in [6, 6.07) is 9.64. The van der Waals surface area contributed by atoms with Crippen LogP contribution < -0.4 is 5.73 Å². The lowest BCUT2D eigenvalue weighted by molar-refractivity contribution is 0.0691. The summed E-state index contributed by atoms with van der Waals surface area (Å²) in [4.78, 5) is 26.4. The van der Waals surface area contributed by atoms with Crippen molar-refractivity contribution in [1.29, 1.82) is 0 Å². The summed E-state index contributed by atoms with van der Waals surface area (Å²) in [5.41, 5.74) is 6.88. The summed E-state index contributed by atoms with van der Waals surface area (Å²) in [7, 11) is 0. The fraction of sp³-hybridized carbons (Fsp3) is 0. The molecule has 114 valence electrons. The first kappa shape index (κ1) is 14.4. The molecule has 0 atom stereocenters. The highest BCUT2D eigenvalue weighted by Crippen LogP contribution is 2.24. The van der Waals surface area contributed by atoms with Crippen LogP contribution in [-0.2, 0) is 0 Å². The number of pyridine rings is 1. The maximum Gasteiger partial charge on any atom is 0.358 e. The van der Waals surface area contributed by atoms with Gasteiger partial charge in [0.15, 0.2) is 5.69 Å². The van der Waals surface area contributed by atoms with Gasteiger partial charge in [-0.1, -0.05) is 5.21 Å². The first-order valence-electron chi connectivity index (χ1n) is 6.57. The molecule has 0 bridgehead atoms. The van der Waals surface area contributed by atoms with Gasteiger partial charge in [-0.2, -0.15) is 0 Å². The lowest BCUT2D eigenvalue weighted by Crippen LogP contribution is -2.11. The number of carboxylic acids is 1.